The first-order valence-electron chi connectivity index (χ1n) is 9.75. The number of benzene rings is 2. The Bertz CT molecular complexity index is 1300. The van der Waals surface area contributed by atoms with Gasteiger partial charge in [-0.3, -0.25) is 14.3 Å². The summed E-state index contributed by atoms with van der Waals surface area (Å²) in [5.74, 6) is 0.825. The summed E-state index contributed by atoms with van der Waals surface area (Å²) in [6, 6.07) is 17.1. The third-order valence-electron chi connectivity index (χ3n) is 5.58. The molecular weight excluding hydrogens is 380 g/mol. The van der Waals surface area contributed by atoms with Crippen LogP contribution in [-0.2, 0) is 6.42 Å². The molecular formula is C23H20N4O3. The number of aromatic nitrogens is 3. The van der Waals surface area contributed by atoms with E-state index in [-0.39, 0.29) is 17.5 Å². The maximum absolute atomic E-state index is 12.6. The average Bonchev–Trinajstić information content (AvgIpc) is 3.11. The van der Waals surface area contributed by atoms with Crippen LogP contribution in [-0.4, -0.2) is 34.1 Å². The van der Waals surface area contributed by atoms with Crippen molar-refractivity contribution in [1.29, 1.82) is 0 Å². The van der Waals surface area contributed by atoms with Crippen LogP contribution < -0.4 is 15.7 Å². The van der Waals surface area contributed by atoms with Crippen LogP contribution in [0, 0.1) is 0 Å². The third-order valence-corrected chi connectivity index (χ3v) is 5.58. The second-order valence-corrected chi connectivity index (χ2v) is 7.37. The molecule has 1 aliphatic rings. The number of H-pyrrole nitrogens is 1. The highest BCUT2D eigenvalue weighted by Crippen LogP contribution is 2.30. The minimum absolute atomic E-state index is 0.0875. The molecule has 0 saturated heterocycles. The van der Waals surface area contributed by atoms with Gasteiger partial charge in [-0.25, -0.2) is 9.78 Å². The van der Waals surface area contributed by atoms with Crippen LogP contribution in [0.25, 0.3) is 16.9 Å². The second-order valence-electron chi connectivity index (χ2n) is 7.37. The number of amides is 1. The van der Waals surface area contributed by atoms with E-state index in [0.29, 0.717) is 29.0 Å². The number of pyridine rings is 1. The molecule has 3 heterocycles. The van der Waals surface area contributed by atoms with Crippen LogP contribution in [0.1, 0.15) is 27.4 Å². The summed E-state index contributed by atoms with van der Waals surface area (Å²) >= 11 is 0. The van der Waals surface area contributed by atoms with E-state index in [1.807, 2.05) is 36.4 Å². The van der Waals surface area contributed by atoms with Gasteiger partial charge in [0.2, 0.25) is 0 Å². The van der Waals surface area contributed by atoms with Crippen molar-refractivity contribution in [2.75, 3.05) is 13.7 Å². The third kappa shape index (κ3) is 3.04. The van der Waals surface area contributed by atoms with Gasteiger partial charge < -0.3 is 10.1 Å². The second kappa shape index (κ2) is 7.18. The molecule has 7 nitrogen and oxygen atoms in total. The Kier molecular flexibility index (Phi) is 4.35. The van der Waals surface area contributed by atoms with E-state index in [1.54, 1.807) is 36.1 Å². The predicted molar refractivity (Wildman–Crippen MR) is 113 cm³/mol. The summed E-state index contributed by atoms with van der Waals surface area (Å²) in [5, 5.41) is 2.98. The molecule has 7 heteroatoms. The summed E-state index contributed by atoms with van der Waals surface area (Å²) in [5.41, 5.74) is 4.44. The number of nitrogens with one attached hydrogen (secondary N) is 2. The van der Waals surface area contributed by atoms with Gasteiger partial charge in [0.25, 0.3) is 5.91 Å². The van der Waals surface area contributed by atoms with Crippen molar-refractivity contribution in [3.63, 3.8) is 0 Å². The molecule has 4 aromatic rings. The van der Waals surface area contributed by atoms with Crippen molar-refractivity contribution in [3.8, 4) is 11.4 Å². The zero-order valence-electron chi connectivity index (χ0n) is 16.4. The molecule has 1 atom stereocenters. The van der Waals surface area contributed by atoms with Crippen molar-refractivity contribution in [2.24, 2.45) is 0 Å². The van der Waals surface area contributed by atoms with E-state index < -0.39 is 0 Å². The monoisotopic (exact) mass is 400 g/mol. The fourth-order valence-electron chi connectivity index (χ4n) is 4.08. The van der Waals surface area contributed by atoms with Crippen LogP contribution in [0.3, 0.4) is 0 Å². The first-order valence-corrected chi connectivity index (χ1v) is 9.75. The maximum Gasteiger partial charge on any atom is 0.332 e. The van der Waals surface area contributed by atoms with E-state index in [9.17, 15) is 9.59 Å². The number of methoxy groups -OCH3 is 1. The summed E-state index contributed by atoms with van der Waals surface area (Å²) in [6.07, 6.45) is 2.41. The minimum Gasteiger partial charge on any atom is -0.497 e. The van der Waals surface area contributed by atoms with Crippen molar-refractivity contribution in [2.45, 2.75) is 12.3 Å². The lowest BCUT2D eigenvalue weighted by Gasteiger charge is -2.26. The highest BCUT2D eigenvalue weighted by Gasteiger charge is 2.26. The van der Waals surface area contributed by atoms with Crippen LogP contribution in [0.5, 0.6) is 5.75 Å². The number of imidazole rings is 1. The van der Waals surface area contributed by atoms with Gasteiger partial charge >= 0.3 is 5.69 Å². The molecule has 0 bridgehead atoms. The van der Waals surface area contributed by atoms with Crippen molar-refractivity contribution in [1.82, 2.24) is 19.9 Å². The lowest BCUT2D eigenvalue weighted by molar-refractivity contribution is 0.0940. The Balaban J connectivity index is 1.57. The molecule has 2 aromatic heterocycles. The summed E-state index contributed by atoms with van der Waals surface area (Å²) < 4.78 is 6.83. The maximum atomic E-state index is 12.6. The van der Waals surface area contributed by atoms with E-state index in [1.165, 1.54) is 0 Å². The number of hydrogen-bond donors (Lipinski definition) is 2. The lowest BCUT2D eigenvalue weighted by atomic mass is 9.85. The van der Waals surface area contributed by atoms with Crippen LogP contribution >= 0.6 is 0 Å². The molecule has 0 aliphatic carbocycles. The lowest BCUT2D eigenvalue weighted by Crippen LogP contribution is -2.36. The molecule has 0 spiro atoms. The van der Waals surface area contributed by atoms with Gasteiger partial charge in [0.1, 0.15) is 5.75 Å². The molecule has 1 aliphatic heterocycles. The van der Waals surface area contributed by atoms with Gasteiger partial charge in [0, 0.05) is 24.2 Å². The molecule has 5 rings (SSSR count). The predicted octanol–water partition coefficient (Wildman–Crippen LogP) is 2.79. The van der Waals surface area contributed by atoms with Gasteiger partial charge in [-0.2, -0.15) is 0 Å². The minimum atomic E-state index is -0.254. The molecule has 2 aromatic carbocycles. The van der Waals surface area contributed by atoms with Crippen molar-refractivity contribution in [3.05, 3.63) is 88.0 Å². The molecule has 150 valence electrons. The average molecular weight is 400 g/mol. The number of carbonyl (C=O) groups excluding carboxylic acids is 1. The van der Waals surface area contributed by atoms with Gasteiger partial charge in [0.15, 0.2) is 5.65 Å². The molecule has 0 fully saturated rings. The fourth-order valence-corrected chi connectivity index (χ4v) is 4.08. The standard InChI is InChI=1S/C23H20N4O3/c1-30-17-7-4-14(5-8-17)11-15-13-25-22(28)18-9-6-16(12-19(15)18)27-20-3-2-10-24-21(20)26-23(27)29/h2-10,12,15H,11,13H2,1H3,(H,25,28)(H,24,26,29). The molecule has 30 heavy (non-hydrogen) atoms. The SMILES string of the molecule is COc1ccc(CC2CNC(=O)c3ccc(-n4c(=O)[nH]c5ncccc54)cc32)cc1. The smallest absolute Gasteiger partial charge is 0.332 e. The highest BCUT2D eigenvalue weighted by molar-refractivity contribution is 5.97. The number of aromatic amines is 1. The number of rotatable bonds is 4. The van der Waals surface area contributed by atoms with Crippen LogP contribution in [0.4, 0.5) is 0 Å². The summed E-state index contributed by atoms with van der Waals surface area (Å²) in [4.78, 5) is 32.0. The zero-order chi connectivity index (χ0) is 20.7. The summed E-state index contributed by atoms with van der Waals surface area (Å²) in [7, 11) is 1.64. The number of ether oxygens (including phenoxy) is 1. The first kappa shape index (κ1) is 18.2. The topological polar surface area (TPSA) is 89.0 Å². The largest absolute Gasteiger partial charge is 0.497 e. The summed E-state index contributed by atoms with van der Waals surface area (Å²) in [6.45, 7) is 0.547. The quantitative estimate of drug-likeness (QED) is 0.551. The molecule has 1 amide bonds. The van der Waals surface area contributed by atoms with Crippen molar-refractivity contribution >= 4 is 17.1 Å². The zero-order valence-corrected chi connectivity index (χ0v) is 16.4. The van der Waals surface area contributed by atoms with E-state index >= 15 is 0 Å². The Labute approximate surface area is 172 Å². The van der Waals surface area contributed by atoms with Gasteiger partial charge in [-0.05, 0) is 60.0 Å². The van der Waals surface area contributed by atoms with Crippen LogP contribution in [0.2, 0.25) is 0 Å². The van der Waals surface area contributed by atoms with Gasteiger partial charge in [-0.15, -0.1) is 0 Å². The van der Waals surface area contributed by atoms with E-state index in [4.69, 9.17) is 4.74 Å². The Hall–Kier alpha value is -3.87. The number of carbonyl (C=O) groups is 1. The van der Waals surface area contributed by atoms with Crippen molar-refractivity contribution < 1.29 is 9.53 Å². The van der Waals surface area contributed by atoms with Crippen LogP contribution in [0.15, 0.2) is 65.6 Å². The highest BCUT2D eigenvalue weighted by atomic mass is 16.5. The van der Waals surface area contributed by atoms with Gasteiger partial charge in [0.05, 0.1) is 18.3 Å². The molecule has 0 radical (unpaired) electrons. The Morgan fingerprint density at radius 1 is 1.13 bits per heavy atom. The number of nitrogens with zero attached hydrogens (tertiary/aromatic N) is 2. The molecule has 2 N–H and O–H groups in total. The number of hydrogen-bond acceptors (Lipinski definition) is 4. The first-order chi connectivity index (χ1) is 14.6. The van der Waals surface area contributed by atoms with E-state index in [0.717, 1.165) is 23.3 Å². The normalized spacial score (nSPS) is 15.6. The van der Waals surface area contributed by atoms with Gasteiger partial charge in [-0.1, -0.05) is 12.1 Å². The fraction of sp³-hybridized carbons (Fsp3) is 0.174. The number of fused-ring (bicyclic) bond motifs is 2. The van der Waals surface area contributed by atoms with E-state index in [2.05, 4.69) is 15.3 Å². The molecule has 0 saturated carbocycles. The molecule has 1 unspecified atom stereocenters. The Morgan fingerprint density at radius 3 is 2.77 bits per heavy atom. The Morgan fingerprint density at radius 2 is 1.97 bits per heavy atom.